The van der Waals surface area contributed by atoms with E-state index in [9.17, 15) is 0 Å². The van der Waals surface area contributed by atoms with Crippen molar-refractivity contribution in [3.8, 4) is 5.75 Å². The molecule has 0 spiro atoms. The van der Waals surface area contributed by atoms with Crippen LogP contribution in [-0.4, -0.2) is 20.2 Å². The van der Waals surface area contributed by atoms with Gasteiger partial charge < -0.3 is 4.74 Å². The van der Waals surface area contributed by atoms with E-state index in [1.54, 1.807) is 7.05 Å². The predicted molar refractivity (Wildman–Crippen MR) is 71.7 cm³/mol. The first-order valence-corrected chi connectivity index (χ1v) is 6.74. The Hall–Kier alpha value is -1.43. The van der Waals surface area contributed by atoms with Crippen molar-refractivity contribution in [3.63, 3.8) is 0 Å². The van der Waals surface area contributed by atoms with Crippen molar-refractivity contribution in [2.24, 2.45) is 7.05 Å². The number of halogens is 1. The second-order valence-electron chi connectivity index (χ2n) is 4.18. The summed E-state index contributed by atoms with van der Waals surface area (Å²) in [4.78, 5) is 1.42. The molecule has 2 aromatic rings. The standard InChI is InChI=1S/C12H15BrN4O/c1-8-4-10(6-13)5-9(2)12(8)18-7-11-14-16-17(3)15-11/h4-5H,6-7H2,1-3H3. The predicted octanol–water partition coefficient (Wildman–Crippen LogP) is 2.30. The normalized spacial score (nSPS) is 10.7. The Balaban J connectivity index is 2.14. The molecule has 1 heterocycles. The van der Waals surface area contributed by atoms with Crippen LogP contribution in [0.5, 0.6) is 5.75 Å². The summed E-state index contributed by atoms with van der Waals surface area (Å²) in [5.41, 5.74) is 3.48. The van der Waals surface area contributed by atoms with Gasteiger partial charge in [-0.2, -0.15) is 4.80 Å². The van der Waals surface area contributed by atoms with Gasteiger partial charge in [0.1, 0.15) is 5.75 Å². The zero-order chi connectivity index (χ0) is 13.1. The third-order valence-corrected chi connectivity index (χ3v) is 3.22. The number of nitrogens with zero attached hydrogens (tertiary/aromatic N) is 4. The van der Waals surface area contributed by atoms with Crippen LogP contribution in [0.25, 0.3) is 0 Å². The van der Waals surface area contributed by atoms with Crippen molar-refractivity contribution >= 4 is 15.9 Å². The number of hydrogen-bond donors (Lipinski definition) is 0. The van der Waals surface area contributed by atoms with E-state index in [0.29, 0.717) is 12.4 Å². The number of rotatable bonds is 4. The Morgan fingerprint density at radius 1 is 1.28 bits per heavy atom. The third-order valence-electron chi connectivity index (χ3n) is 2.57. The quantitative estimate of drug-likeness (QED) is 0.813. The number of tetrazole rings is 1. The Kier molecular flexibility index (Phi) is 3.96. The van der Waals surface area contributed by atoms with Gasteiger partial charge >= 0.3 is 0 Å². The molecule has 0 radical (unpaired) electrons. The molecule has 0 aliphatic carbocycles. The summed E-state index contributed by atoms with van der Waals surface area (Å²) in [7, 11) is 1.73. The van der Waals surface area contributed by atoms with Crippen LogP contribution in [0.3, 0.4) is 0 Å². The molecule has 0 atom stereocenters. The van der Waals surface area contributed by atoms with E-state index in [-0.39, 0.29) is 0 Å². The lowest BCUT2D eigenvalue weighted by molar-refractivity contribution is 0.291. The molecule has 1 aromatic heterocycles. The van der Waals surface area contributed by atoms with E-state index in [0.717, 1.165) is 22.2 Å². The molecule has 6 heteroatoms. The fourth-order valence-corrected chi connectivity index (χ4v) is 2.19. The monoisotopic (exact) mass is 310 g/mol. The molecule has 0 unspecified atom stereocenters. The van der Waals surface area contributed by atoms with E-state index in [1.165, 1.54) is 10.4 Å². The van der Waals surface area contributed by atoms with Gasteiger partial charge in [0.15, 0.2) is 6.61 Å². The second kappa shape index (κ2) is 5.48. The molecule has 0 saturated carbocycles. The number of hydrogen-bond acceptors (Lipinski definition) is 4. The molecule has 0 saturated heterocycles. The molecule has 0 aliphatic rings. The van der Waals surface area contributed by atoms with Crippen molar-refractivity contribution in [2.75, 3.05) is 0 Å². The SMILES string of the molecule is Cc1cc(CBr)cc(C)c1OCc1nnn(C)n1. The highest BCUT2D eigenvalue weighted by Crippen LogP contribution is 2.26. The number of alkyl halides is 1. The van der Waals surface area contributed by atoms with Crippen LogP contribution in [0.4, 0.5) is 0 Å². The van der Waals surface area contributed by atoms with Gasteiger partial charge in [0, 0.05) is 5.33 Å². The maximum Gasteiger partial charge on any atom is 0.212 e. The second-order valence-corrected chi connectivity index (χ2v) is 4.74. The fraction of sp³-hybridized carbons (Fsp3) is 0.417. The van der Waals surface area contributed by atoms with Crippen LogP contribution in [0.15, 0.2) is 12.1 Å². The van der Waals surface area contributed by atoms with Gasteiger partial charge in [-0.15, -0.1) is 10.2 Å². The Bertz CT molecular complexity index is 530. The number of aryl methyl sites for hydroxylation is 3. The zero-order valence-corrected chi connectivity index (χ0v) is 12.2. The van der Waals surface area contributed by atoms with Gasteiger partial charge in [0.05, 0.1) is 7.05 Å². The van der Waals surface area contributed by atoms with Gasteiger partial charge in [-0.05, 0) is 35.8 Å². The van der Waals surface area contributed by atoms with E-state index >= 15 is 0 Å². The maximum absolute atomic E-state index is 5.77. The molecular weight excluding hydrogens is 296 g/mol. The molecule has 18 heavy (non-hydrogen) atoms. The van der Waals surface area contributed by atoms with Crippen LogP contribution in [-0.2, 0) is 19.0 Å². The smallest absolute Gasteiger partial charge is 0.212 e. The summed E-state index contributed by atoms with van der Waals surface area (Å²) in [6, 6.07) is 4.22. The van der Waals surface area contributed by atoms with Gasteiger partial charge in [0.2, 0.25) is 5.82 Å². The van der Waals surface area contributed by atoms with Crippen LogP contribution in [0, 0.1) is 13.8 Å². The van der Waals surface area contributed by atoms with Crippen LogP contribution in [0.2, 0.25) is 0 Å². The van der Waals surface area contributed by atoms with Gasteiger partial charge in [-0.3, -0.25) is 0 Å². The fourth-order valence-electron chi connectivity index (χ4n) is 1.86. The highest BCUT2D eigenvalue weighted by molar-refractivity contribution is 9.08. The minimum Gasteiger partial charge on any atom is -0.485 e. The molecule has 2 rings (SSSR count). The topological polar surface area (TPSA) is 52.8 Å². The Morgan fingerprint density at radius 3 is 2.44 bits per heavy atom. The maximum atomic E-state index is 5.77. The molecule has 5 nitrogen and oxygen atoms in total. The summed E-state index contributed by atoms with van der Waals surface area (Å²) in [5.74, 6) is 1.48. The Labute approximate surface area is 114 Å². The summed E-state index contributed by atoms with van der Waals surface area (Å²) < 4.78 is 5.77. The highest BCUT2D eigenvalue weighted by atomic mass is 79.9. The van der Waals surface area contributed by atoms with Crippen molar-refractivity contribution in [2.45, 2.75) is 25.8 Å². The minimum absolute atomic E-state index is 0.336. The first-order chi connectivity index (χ1) is 8.60. The van der Waals surface area contributed by atoms with E-state index in [4.69, 9.17) is 4.74 Å². The van der Waals surface area contributed by atoms with Gasteiger partial charge in [-0.25, -0.2) is 0 Å². The summed E-state index contributed by atoms with van der Waals surface area (Å²) in [5, 5.41) is 12.6. The van der Waals surface area contributed by atoms with E-state index < -0.39 is 0 Å². The van der Waals surface area contributed by atoms with Crippen molar-refractivity contribution in [1.29, 1.82) is 0 Å². The van der Waals surface area contributed by atoms with Gasteiger partial charge in [0.25, 0.3) is 0 Å². The summed E-state index contributed by atoms with van der Waals surface area (Å²) >= 11 is 3.46. The zero-order valence-electron chi connectivity index (χ0n) is 10.6. The highest BCUT2D eigenvalue weighted by Gasteiger charge is 2.08. The molecule has 0 fully saturated rings. The molecule has 0 N–H and O–H groups in total. The van der Waals surface area contributed by atoms with Crippen LogP contribution >= 0.6 is 15.9 Å². The molecule has 0 amide bonds. The third kappa shape index (κ3) is 2.87. The number of ether oxygens (including phenoxy) is 1. The summed E-state index contributed by atoms with van der Waals surface area (Å²) in [6.45, 7) is 4.42. The van der Waals surface area contributed by atoms with E-state index in [1.807, 2.05) is 13.8 Å². The average molecular weight is 311 g/mol. The largest absolute Gasteiger partial charge is 0.485 e. The lowest BCUT2D eigenvalue weighted by atomic mass is 10.1. The average Bonchev–Trinajstić information content (AvgIpc) is 2.73. The minimum atomic E-state index is 0.336. The number of aromatic nitrogens is 4. The van der Waals surface area contributed by atoms with E-state index in [2.05, 4.69) is 43.5 Å². The molecule has 96 valence electrons. The number of benzene rings is 1. The lowest BCUT2D eigenvalue weighted by Crippen LogP contribution is -2.02. The molecule has 1 aromatic carbocycles. The first kappa shape index (κ1) is 13.0. The lowest BCUT2D eigenvalue weighted by Gasteiger charge is -2.12. The first-order valence-electron chi connectivity index (χ1n) is 5.62. The molecular formula is C12H15BrN4O. The Morgan fingerprint density at radius 2 is 1.94 bits per heavy atom. The van der Waals surface area contributed by atoms with Crippen molar-refractivity contribution in [1.82, 2.24) is 20.2 Å². The van der Waals surface area contributed by atoms with Crippen LogP contribution in [0.1, 0.15) is 22.5 Å². The van der Waals surface area contributed by atoms with Gasteiger partial charge in [-0.1, -0.05) is 28.1 Å². The van der Waals surface area contributed by atoms with Crippen molar-refractivity contribution < 1.29 is 4.74 Å². The van der Waals surface area contributed by atoms with Crippen molar-refractivity contribution in [3.05, 3.63) is 34.6 Å². The molecule has 0 bridgehead atoms. The van der Waals surface area contributed by atoms with Crippen LogP contribution < -0.4 is 4.74 Å². The summed E-state index contributed by atoms with van der Waals surface area (Å²) in [6.07, 6.45) is 0. The molecule has 0 aliphatic heterocycles.